The van der Waals surface area contributed by atoms with Crippen LogP contribution in [0.1, 0.15) is 54.4 Å². The van der Waals surface area contributed by atoms with Gasteiger partial charge in [0.25, 0.3) is 0 Å². The number of nitrogens with zero attached hydrogens (tertiary/aromatic N) is 1. The SMILES string of the molecule is C=CCN(C(=O)CCc1ccc(C(N)=O)cc1)C1C[C@H]2CC[C@@H](C1)C2. The van der Waals surface area contributed by atoms with Crippen LogP contribution in [0.4, 0.5) is 0 Å². The predicted molar refractivity (Wildman–Crippen MR) is 99.0 cm³/mol. The maximum Gasteiger partial charge on any atom is 0.248 e. The number of fused-ring (bicyclic) bond motifs is 2. The smallest absolute Gasteiger partial charge is 0.248 e. The number of carbonyl (C=O) groups excluding carboxylic acids is 2. The summed E-state index contributed by atoms with van der Waals surface area (Å²) in [5.41, 5.74) is 6.82. The molecule has 0 saturated heterocycles. The van der Waals surface area contributed by atoms with Gasteiger partial charge in [-0.05, 0) is 55.2 Å². The first kappa shape index (κ1) is 17.7. The van der Waals surface area contributed by atoms with Crippen molar-refractivity contribution < 1.29 is 9.59 Å². The van der Waals surface area contributed by atoms with Crippen molar-refractivity contribution in [3.05, 3.63) is 48.0 Å². The van der Waals surface area contributed by atoms with Gasteiger partial charge in [0.15, 0.2) is 0 Å². The molecule has 2 saturated carbocycles. The Bertz CT molecular complexity index is 626. The van der Waals surface area contributed by atoms with Crippen molar-refractivity contribution in [3.8, 4) is 0 Å². The summed E-state index contributed by atoms with van der Waals surface area (Å²) in [7, 11) is 0. The van der Waals surface area contributed by atoms with E-state index in [4.69, 9.17) is 5.73 Å². The van der Waals surface area contributed by atoms with Gasteiger partial charge >= 0.3 is 0 Å². The number of aryl methyl sites for hydroxylation is 1. The molecular formula is C21H28N2O2. The maximum atomic E-state index is 12.8. The van der Waals surface area contributed by atoms with Gasteiger partial charge in [-0.1, -0.05) is 31.1 Å². The molecule has 1 aromatic carbocycles. The molecule has 3 rings (SSSR count). The van der Waals surface area contributed by atoms with Crippen LogP contribution in [0.15, 0.2) is 36.9 Å². The molecule has 4 nitrogen and oxygen atoms in total. The number of hydrogen-bond donors (Lipinski definition) is 1. The highest BCUT2D eigenvalue weighted by Gasteiger charge is 2.37. The van der Waals surface area contributed by atoms with Crippen LogP contribution in [-0.4, -0.2) is 29.3 Å². The molecule has 134 valence electrons. The van der Waals surface area contributed by atoms with Crippen LogP contribution in [0, 0.1) is 11.8 Å². The first-order valence-corrected chi connectivity index (χ1v) is 9.36. The Morgan fingerprint density at radius 1 is 1.12 bits per heavy atom. The molecule has 2 amide bonds. The lowest BCUT2D eigenvalue weighted by Crippen LogP contribution is -2.43. The Labute approximate surface area is 150 Å². The summed E-state index contributed by atoms with van der Waals surface area (Å²) < 4.78 is 0. The summed E-state index contributed by atoms with van der Waals surface area (Å²) in [5.74, 6) is 1.41. The number of benzene rings is 1. The highest BCUT2D eigenvalue weighted by atomic mass is 16.2. The largest absolute Gasteiger partial charge is 0.366 e. The molecule has 0 heterocycles. The summed E-state index contributed by atoms with van der Waals surface area (Å²) in [6.45, 7) is 4.48. The van der Waals surface area contributed by atoms with E-state index in [9.17, 15) is 9.59 Å². The molecule has 2 bridgehead atoms. The zero-order valence-electron chi connectivity index (χ0n) is 14.8. The minimum atomic E-state index is -0.424. The van der Waals surface area contributed by atoms with Crippen LogP contribution in [0.2, 0.25) is 0 Å². The van der Waals surface area contributed by atoms with Crippen molar-refractivity contribution in [2.24, 2.45) is 17.6 Å². The lowest BCUT2D eigenvalue weighted by molar-refractivity contribution is -0.133. The highest BCUT2D eigenvalue weighted by Crippen LogP contribution is 2.43. The molecule has 3 atom stereocenters. The van der Waals surface area contributed by atoms with E-state index in [-0.39, 0.29) is 5.91 Å². The van der Waals surface area contributed by atoms with Gasteiger partial charge in [-0.25, -0.2) is 0 Å². The second kappa shape index (κ2) is 7.85. The summed E-state index contributed by atoms with van der Waals surface area (Å²) in [5, 5.41) is 0. The molecule has 2 fully saturated rings. The Hall–Kier alpha value is -2.10. The van der Waals surface area contributed by atoms with Crippen LogP contribution in [-0.2, 0) is 11.2 Å². The van der Waals surface area contributed by atoms with Crippen LogP contribution in [0.25, 0.3) is 0 Å². The molecule has 0 radical (unpaired) electrons. The van der Waals surface area contributed by atoms with Crippen molar-refractivity contribution in [2.45, 2.75) is 51.0 Å². The van der Waals surface area contributed by atoms with E-state index in [1.54, 1.807) is 12.1 Å². The van der Waals surface area contributed by atoms with Gasteiger partial charge in [-0.3, -0.25) is 9.59 Å². The zero-order valence-corrected chi connectivity index (χ0v) is 14.8. The molecule has 2 aliphatic rings. The fraction of sp³-hybridized carbons (Fsp3) is 0.524. The Kier molecular flexibility index (Phi) is 5.57. The van der Waals surface area contributed by atoms with Crippen LogP contribution in [0.3, 0.4) is 0 Å². The fourth-order valence-electron chi connectivity index (χ4n) is 4.55. The van der Waals surface area contributed by atoms with Crippen LogP contribution < -0.4 is 5.73 Å². The first-order chi connectivity index (χ1) is 12.1. The fourth-order valence-corrected chi connectivity index (χ4v) is 4.55. The number of primary amides is 1. The number of carbonyl (C=O) groups is 2. The summed E-state index contributed by atoms with van der Waals surface area (Å²) in [6.07, 6.45) is 9.37. The molecule has 0 aromatic heterocycles. The monoisotopic (exact) mass is 340 g/mol. The summed E-state index contributed by atoms with van der Waals surface area (Å²) in [4.78, 5) is 26.0. The van der Waals surface area contributed by atoms with Crippen molar-refractivity contribution in [1.29, 1.82) is 0 Å². The topological polar surface area (TPSA) is 63.4 Å². The van der Waals surface area contributed by atoms with Crippen molar-refractivity contribution in [2.75, 3.05) is 6.54 Å². The van der Waals surface area contributed by atoms with E-state index in [0.717, 1.165) is 30.2 Å². The first-order valence-electron chi connectivity index (χ1n) is 9.36. The van der Waals surface area contributed by atoms with E-state index < -0.39 is 5.91 Å². The number of hydrogen-bond acceptors (Lipinski definition) is 2. The summed E-state index contributed by atoms with van der Waals surface area (Å²) in [6, 6.07) is 7.59. The van der Waals surface area contributed by atoms with Crippen LogP contribution >= 0.6 is 0 Å². The second-order valence-corrected chi connectivity index (χ2v) is 7.57. The van der Waals surface area contributed by atoms with E-state index in [1.807, 2.05) is 18.2 Å². The quantitative estimate of drug-likeness (QED) is 0.774. The van der Waals surface area contributed by atoms with Gasteiger partial charge in [-0.15, -0.1) is 6.58 Å². The Morgan fingerprint density at radius 3 is 2.32 bits per heavy atom. The average molecular weight is 340 g/mol. The van der Waals surface area contributed by atoms with E-state index >= 15 is 0 Å². The predicted octanol–water partition coefficient (Wildman–Crippen LogP) is 3.31. The average Bonchev–Trinajstić information content (AvgIpc) is 2.95. The standard InChI is InChI=1S/C21H28N2O2/c1-2-11-23(19-13-16-3-4-17(12-16)14-19)20(24)10-7-15-5-8-18(9-6-15)21(22)25/h2,5-6,8-9,16-17,19H,1,3-4,7,10-14H2,(H2,22,25)/t16-,17+,19?. The molecule has 1 unspecified atom stereocenters. The number of nitrogens with two attached hydrogens (primary N) is 1. The molecule has 2 N–H and O–H groups in total. The molecule has 2 aliphatic carbocycles. The summed E-state index contributed by atoms with van der Waals surface area (Å²) >= 11 is 0. The highest BCUT2D eigenvalue weighted by molar-refractivity contribution is 5.92. The molecule has 0 spiro atoms. The third-order valence-corrected chi connectivity index (χ3v) is 5.81. The van der Waals surface area contributed by atoms with Gasteiger partial charge in [0.1, 0.15) is 0 Å². The zero-order chi connectivity index (χ0) is 17.8. The lowest BCUT2D eigenvalue weighted by atomic mass is 9.84. The van der Waals surface area contributed by atoms with Gasteiger partial charge in [-0.2, -0.15) is 0 Å². The molecule has 25 heavy (non-hydrogen) atoms. The normalized spacial score (nSPS) is 24.7. The van der Waals surface area contributed by atoms with Crippen LogP contribution in [0.5, 0.6) is 0 Å². The number of rotatable bonds is 7. The molecule has 1 aromatic rings. The van der Waals surface area contributed by atoms with Gasteiger partial charge in [0.05, 0.1) is 0 Å². The van der Waals surface area contributed by atoms with Crippen molar-refractivity contribution in [3.63, 3.8) is 0 Å². The van der Waals surface area contributed by atoms with E-state index in [1.165, 1.54) is 19.3 Å². The minimum absolute atomic E-state index is 0.213. The third kappa shape index (κ3) is 4.30. The molecule has 0 aliphatic heterocycles. The van der Waals surface area contributed by atoms with Gasteiger partial charge in [0.2, 0.25) is 11.8 Å². The lowest BCUT2D eigenvalue weighted by Gasteiger charge is -2.37. The van der Waals surface area contributed by atoms with Gasteiger partial charge < -0.3 is 10.6 Å². The Balaban J connectivity index is 1.59. The maximum absolute atomic E-state index is 12.8. The minimum Gasteiger partial charge on any atom is -0.366 e. The van der Waals surface area contributed by atoms with Gasteiger partial charge in [0, 0.05) is 24.6 Å². The second-order valence-electron chi connectivity index (χ2n) is 7.57. The van der Waals surface area contributed by atoms with E-state index in [0.29, 0.717) is 31.0 Å². The molecular weight excluding hydrogens is 312 g/mol. The molecule has 4 heteroatoms. The third-order valence-electron chi connectivity index (χ3n) is 5.81. The number of amides is 2. The van der Waals surface area contributed by atoms with Crippen molar-refractivity contribution >= 4 is 11.8 Å². The Morgan fingerprint density at radius 2 is 1.76 bits per heavy atom. The van der Waals surface area contributed by atoms with Crippen molar-refractivity contribution in [1.82, 2.24) is 4.90 Å². The van der Waals surface area contributed by atoms with E-state index in [2.05, 4.69) is 11.5 Å².